The van der Waals surface area contributed by atoms with Crippen molar-refractivity contribution in [2.75, 3.05) is 42.5 Å². The highest BCUT2D eigenvalue weighted by molar-refractivity contribution is 7.92. The van der Waals surface area contributed by atoms with Crippen LogP contribution in [0.4, 0.5) is 11.4 Å². The molecule has 0 aliphatic carbocycles. The van der Waals surface area contributed by atoms with E-state index in [1.807, 2.05) is 32.0 Å². The third-order valence-corrected chi connectivity index (χ3v) is 6.06. The molecule has 0 amide bonds. The molecule has 1 heterocycles. The maximum Gasteiger partial charge on any atom is 0.262 e. The zero-order valence-corrected chi connectivity index (χ0v) is 16.8. The standard InChI is InChI=1S/C20H26N2O4S/c1-4-26-19-12-16(3)20(13-15(19)2)27(23,24)21-17-6-5-7-18(14-17)22-8-10-25-11-9-22/h5-7,12-14,21H,4,8-11H2,1-3H3. The Hall–Kier alpha value is -2.25. The molecular weight excluding hydrogens is 364 g/mol. The zero-order valence-electron chi connectivity index (χ0n) is 16.0. The Balaban J connectivity index is 1.85. The number of sulfonamides is 1. The summed E-state index contributed by atoms with van der Waals surface area (Å²) in [4.78, 5) is 2.45. The number of benzene rings is 2. The normalized spacial score (nSPS) is 14.9. The van der Waals surface area contributed by atoms with Crippen molar-refractivity contribution < 1.29 is 17.9 Å². The van der Waals surface area contributed by atoms with Gasteiger partial charge >= 0.3 is 0 Å². The van der Waals surface area contributed by atoms with E-state index in [9.17, 15) is 8.42 Å². The van der Waals surface area contributed by atoms with Crippen molar-refractivity contribution in [3.8, 4) is 5.75 Å². The van der Waals surface area contributed by atoms with Crippen LogP contribution in [0.2, 0.25) is 0 Å². The maximum atomic E-state index is 12.9. The van der Waals surface area contributed by atoms with Crippen molar-refractivity contribution >= 4 is 21.4 Å². The molecular formula is C20H26N2O4S. The predicted molar refractivity (Wildman–Crippen MR) is 107 cm³/mol. The Morgan fingerprint density at radius 1 is 1.11 bits per heavy atom. The summed E-state index contributed by atoms with van der Waals surface area (Å²) in [5, 5.41) is 0. The van der Waals surface area contributed by atoms with Gasteiger partial charge in [-0.25, -0.2) is 8.42 Å². The molecule has 1 N–H and O–H groups in total. The molecule has 0 radical (unpaired) electrons. The molecule has 6 nitrogen and oxygen atoms in total. The molecule has 0 aromatic heterocycles. The minimum Gasteiger partial charge on any atom is -0.494 e. The molecule has 0 bridgehead atoms. The third kappa shape index (κ3) is 4.54. The second kappa shape index (κ2) is 8.19. The fourth-order valence-corrected chi connectivity index (χ4v) is 4.52. The van der Waals surface area contributed by atoms with E-state index in [2.05, 4.69) is 9.62 Å². The van der Waals surface area contributed by atoms with E-state index in [1.54, 1.807) is 25.1 Å². The molecule has 0 atom stereocenters. The highest BCUT2D eigenvalue weighted by atomic mass is 32.2. The summed E-state index contributed by atoms with van der Waals surface area (Å²) < 4.78 is 39.5. The Kier molecular flexibility index (Phi) is 5.92. The summed E-state index contributed by atoms with van der Waals surface area (Å²) in [6, 6.07) is 10.9. The number of hydrogen-bond acceptors (Lipinski definition) is 5. The van der Waals surface area contributed by atoms with Crippen molar-refractivity contribution in [1.82, 2.24) is 0 Å². The van der Waals surface area contributed by atoms with Crippen LogP contribution in [0.3, 0.4) is 0 Å². The Morgan fingerprint density at radius 2 is 1.85 bits per heavy atom. The molecule has 2 aromatic rings. The quantitative estimate of drug-likeness (QED) is 0.819. The minimum atomic E-state index is -3.69. The lowest BCUT2D eigenvalue weighted by molar-refractivity contribution is 0.122. The highest BCUT2D eigenvalue weighted by Crippen LogP contribution is 2.28. The smallest absolute Gasteiger partial charge is 0.262 e. The summed E-state index contributed by atoms with van der Waals surface area (Å²) in [6.07, 6.45) is 0. The number of rotatable bonds is 6. The fraction of sp³-hybridized carbons (Fsp3) is 0.400. The first kappa shape index (κ1) is 19.5. The lowest BCUT2D eigenvalue weighted by Crippen LogP contribution is -2.36. The van der Waals surface area contributed by atoms with Crippen LogP contribution in [0.5, 0.6) is 5.75 Å². The first-order valence-corrected chi connectivity index (χ1v) is 10.6. The van der Waals surface area contributed by atoms with Gasteiger partial charge in [0.2, 0.25) is 0 Å². The van der Waals surface area contributed by atoms with Crippen LogP contribution in [0.25, 0.3) is 0 Å². The van der Waals surface area contributed by atoms with E-state index in [-0.39, 0.29) is 4.90 Å². The van der Waals surface area contributed by atoms with Gasteiger partial charge < -0.3 is 14.4 Å². The first-order chi connectivity index (χ1) is 12.9. The van der Waals surface area contributed by atoms with Gasteiger partial charge in [0.05, 0.1) is 30.4 Å². The summed E-state index contributed by atoms with van der Waals surface area (Å²) in [5.41, 5.74) is 2.98. The van der Waals surface area contributed by atoms with Crippen molar-refractivity contribution in [2.24, 2.45) is 0 Å². The lowest BCUT2D eigenvalue weighted by atomic mass is 10.1. The second-order valence-electron chi connectivity index (χ2n) is 6.57. The molecule has 0 spiro atoms. The molecule has 3 rings (SSSR count). The predicted octanol–water partition coefficient (Wildman–Crippen LogP) is 3.34. The highest BCUT2D eigenvalue weighted by Gasteiger charge is 2.20. The number of nitrogens with one attached hydrogen (secondary N) is 1. The van der Waals surface area contributed by atoms with E-state index in [4.69, 9.17) is 9.47 Å². The van der Waals surface area contributed by atoms with Gasteiger partial charge in [0, 0.05) is 18.8 Å². The van der Waals surface area contributed by atoms with Crippen LogP contribution < -0.4 is 14.4 Å². The molecule has 27 heavy (non-hydrogen) atoms. The van der Waals surface area contributed by atoms with Crippen molar-refractivity contribution in [3.63, 3.8) is 0 Å². The molecule has 1 saturated heterocycles. The molecule has 0 unspecified atom stereocenters. The van der Waals surface area contributed by atoms with Gasteiger partial charge in [-0.15, -0.1) is 0 Å². The van der Waals surface area contributed by atoms with Crippen LogP contribution in [-0.4, -0.2) is 41.3 Å². The fourth-order valence-electron chi connectivity index (χ4n) is 3.16. The molecule has 146 valence electrons. The van der Waals surface area contributed by atoms with Gasteiger partial charge in [0.1, 0.15) is 5.75 Å². The summed E-state index contributed by atoms with van der Waals surface area (Å²) >= 11 is 0. The molecule has 0 saturated carbocycles. The summed E-state index contributed by atoms with van der Waals surface area (Å²) in [6.45, 7) is 9.03. The second-order valence-corrected chi connectivity index (χ2v) is 8.22. The van der Waals surface area contributed by atoms with Crippen molar-refractivity contribution in [2.45, 2.75) is 25.7 Å². The van der Waals surface area contributed by atoms with Gasteiger partial charge in [0.25, 0.3) is 10.0 Å². The average molecular weight is 391 g/mol. The minimum absolute atomic E-state index is 0.264. The Bertz CT molecular complexity index is 906. The van der Waals surface area contributed by atoms with E-state index >= 15 is 0 Å². The number of aryl methyl sites for hydroxylation is 2. The van der Waals surface area contributed by atoms with Gasteiger partial charge in [-0.3, -0.25) is 4.72 Å². The first-order valence-electron chi connectivity index (χ1n) is 9.10. The van der Waals surface area contributed by atoms with Crippen LogP contribution in [-0.2, 0) is 14.8 Å². The van der Waals surface area contributed by atoms with Crippen molar-refractivity contribution in [1.29, 1.82) is 0 Å². The van der Waals surface area contributed by atoms with Gasteiger partial charge in [-0.05, 0) is 62.2 Å². The lowest BCUT2D eigenvalue weighted by Gasteiger charge is -2.29. The van der Waals surface area contributed by atoms with Crippen molar-refractivity contribution in [3.05, 3.63) is 47.5 Å². The molecule has 1 fully saturated rings. The number of ether oxygens (including phenoxy) is 2. The third-order valence-electron chi connectivity index (χ3n) is 4.54. The van der Waals surface area contributed by atoms with Crippen LogP contribution in [0.1, 0.15) is 18.1 Å². The molecule has 2 aromatic carbocycles. The van der Waals surface area contributed by atoms with Gasteiger partial charge in [-0.2, -0.15) is 0 Å². The molecule has 1 aliphatic heterocycles. The van der Waals surface area contributed by atoms with Crippen LogP contribution in [0, 0.1) is 13.8 Å². The van der Waals surface area contributed by atoms with Crippen LogP contribution >= 0.6 is 0 Å². The number of nitrogens with zero attached hydrogens (tertiary/aromatic N) is 1. The maximum absolute atomic E-state index is 12.9. The van der Waals surface area contributed by atoms with Gasteiger partial charge in [0.15, 0.2) is 0 Å². The SMILES string of the molecule is CCOc1cc(C)c(S(=O)(=O)Nc2cccc(N3CCOCC3)c2)cc1C. The van der Waals surface area contributed by atoms with Crippen LogP contribution in [0.15, 0.2) is 41.3 Å². The number of morpholine rings is 1. The molecule has 7 heteroatoms. The number of anilines is 2. The largest absolute Gasteiger partial charge is 0.494 e. The van der Waals surface area contributed by atoms with E-state index in [0.717, 1.165) is 24.3 Å². The molecule has 1 aliphatic rings. The van der Waals surface area contributed by atoms with E-state index in [1.165, 1.54) is 0 Å². The topological polar surface area (TPSA) is 67.9 Å². The average Bonchev–Trinajstić information content (AvgIpc) is 2.65. The van der Waals surface area contributed by atoms with Gasteiger partial charge in [-0.1, -0.05) is 6.07 Å². The monoisotopic (exact) mass is 390 g/mol. The van der Waals surface area contributed by atoms with E-state index < -0.39 is 10.0 Å². The summed E-state index contributed by atoms with van der Waals surface area (Å²) in [5.74, 6) is 0.711. The van der Waals surface area contributed by atoms with E-state index in [0.29, 0.717) is 36.8 Å². The summed E-state index contributed by atoms with van der Waals surface area (Å²) in [7, 11) is -3.69. The Morgan fingerprint density at radius 3 is 2.56 bits per heavy atom. The number of hydrogen-bond donors (Lipinski definition) is 1. The zero-order chi connectivity index (χ0) is 19.4. The Labute approximate surface area is 161 Å².